The summed E-state index contributed by atoms with van der Waals surface area (Å²) in [6.07, 6.45) is -0.947. The maximum absolute atomic E-state index is 13.6. The first-order valence-electron chi connectivity index (χ1n) is 5.05. The summed E-state index contributed by atoms with van der Waals surface area (Å²) in [6.45, 7) is -0.231. The number of hydrogen-bond donors (Lipinski definition) is 1. The Kier molecular flexibility index (Phi) is 3.45. The molecule has 0 aromatic heterocycles. The van der Waals surface area contributed by atoms with Gasteiger partial charge in [-0.25, -0.2) is 8.78 Å². The van der Waals surface area contributed by atoms with E-state index < -0.39 is 29.4 Å². The Labute approximate surface area is 109 Å². The summed E-state index contributed by atoms with van der Waals surface area (Å²) in [5.74, 6) is -3.85. The minimum absolute atomic E-state index is 0.170. The highest BCUT2D eigenvalue weighted by atomic mass is 79.9. The predicted molar refractivity (Wildman–Crippen MR) is 62.8 cm³/mol. The van der Waals surface area contributed by atoms with Gasteiger partial charge in [-0.3, -0.25) is 14.5 Å². The Morgan fingerprint density at radius 3 is 2.61 bits per heavy atom. The average molecular weight is 320 g/mol. The molecule has 4 nitrogen and oxygen atoms in total. The molecular formula is C11H8BrF2NO3. The quantitative estimate of drug-likeness (QED) is 0.674. The van der Waals surface area contributed by atoms with Crippen LogP contribution in [0.5, 0.6) is 0 Å². The number of rotatable bonds is 3. The van der Waals surface area contributed by atoms with E-state index >= 15 is 0 Å². The van der Waals surface area contributed by atoms with Gasteiger partial charge < -0.3 is 5.11 Å². The summed E-state index contributed by atoms with van der Waals surface area (Å²) >= 11 is 3.00. The van der Waals surface area contributed by atoms with Crippen LogP contribution in [0, 0.1) is 11.6 Å². The molecule has 1 N–H and O–H groups in total. The highest BCUT2D eigenvalue weighted by Crippen LogP contribution is 2.32. The number of halogens is 3. The molecule has 0 fully saturated rings. The number of fused-ring (bicyclic) bond motifs is 1. The SMILES string of the molecule is O=C1C(=O)N(CC(O)CBr)c2c(F)cc(F)cc21. The van der Waals surface area contributed by atoms with E-state index in [0.29, 0.717) is 6.07 Å². The number of carbonyl (C=O) groups is 2. The number of benzene rings is 1. The lowest BCUT2D eigenvalue weighted by atomic mass is 10.1. The summed E-state index contributed by atoms with van der Waals surface area (Å²) < 4.78 is 26.6. The van der Waals surface area contributed by atoms with Crippen LogP contribution in [0.4, 0.5) is 14.5 Å². The highest BCUT2D eigenvalue weighted by Gasteiger charge is 2.39. The van der Waals surface area contributed by atoms with Crippen LogP contribution in [0.2, 0.25) is 0 Å². The average Bonchev–Trinajstić information content (AvgIpc) is 2.54. The summed E-state index contributed by atoms with van der Waals surface area (Å²) in [7, 11) is 0. The van der Waals surface area contributed by atoms with Crippen molar-refractivity contribution in [2.24, 2.45) is 0 Å². The van der Waals surface area contributed by atoms with Crippen molar-refractivity contribution in [1.29, 1.82) is 0 Å². The zero-order chi connectivity index (χ0) is 13.4. The molecule has 1 aliphatic rings. The fraction of sp³-hybridized carbons (Fsp3) is 0.273. The van der Waals surface area contributed by atoms with E-state index in [2.05, 4.69) is 15.9 Å². The number of alkyl halides is 1. The van der Waals surface area contributed by atoms with Gasteiger partial charge in [0.2, 0.25) is 0 Å². The number of Topliss-reactive ketones (excluding diaryl/α,β-unsaturated/α-hetero) is 1. The number of β-amino-alcohol motifs (C(OH)–C–C–N with tert-alkyl or cyclic N) is 1. The fourth-order valence-corrected chi connectivity index (χ4v) is 1.99. The zero-order valence-electron chi connectivity index (χ0n) is 8.99. The van der Waals surface area contributed by atoms with Crippen molar-refractivity contribution >= 4 is 33.3 Å². The Bertz CT molecular complexity index is 535. The maximum Gasteiger partial charge on any atom is 0.299 e. The summed E-state index contributed by atoms with van der Waals surface area (Å²) in [4.78, 5) is 24.0. The normalized spacial score (nSPS) is 16.1. The van der Waals surface area contributed by atoms with Crippen molar-refractivity contribution < 1.29 is 23.5 Å². The van der Waals surface area contributed by atoms with Crippen LogP contribution in [0.1, 0.15) is 10.4 Å². The van der Waals surface area contributed by atoms with E-state index in [1.54, 1.807) is 0 Å². The molecule has 0 bridgehead atoms. The van der Waals surface area contributed by atoms with Gasteiger partial charge in [-0.2, -0.15) is 0 Å². The molecule has 7 heteroatoms. The van der Waals surface area contributed by atoms with Crippen molar-refractivity contribution in [3.8, 4) is 0 Å². The Hall–Kier alpha value is -1.34. The lowest BCUT2D eigenvalue weighted by Crippen LogP contribution is -2.37. The van der Waals surface area contributed by atoms with Gasteiger partial charge in [0.1, 0.15) is 5.82 Å². The Morgan fingerprint density at radius 1 is 1.33 bits per heavy atom. The molecule has 1 unspecified atom stereocenters. The molecule has 0 radical (unpaired) electrons. The number of amides is 1. The summed E-state index contributed by atoms with van der Waals surface area (Å²) in [5.41, 5.74) is -0.578. The van der Waals surface area contributed by atoms with E-state index in [1.807, 2.05) is 0 Å². The van der Waals surface area contributed by atoms with Crippen LogP contribution in [0.15, 0.2) is 12.1 Å². The standard InChI is InChI=1S/C11H8BrF2NO3/c12-3-6(16)4-15-9-7(10(17)11(15)18)1-5(13)2-8(9)14/h1-2,6,16H,3-4H2. The third kappa shape index (κ3) is 2.04. The van der Waals surface area contributed by atoms with Gasteiger partial charge in [0, 0.05) is 11.4 Å². The maximum atomic E-state index is 13.6. The van der Waals surface area contributed by atoms with Gasteiger partial charge in [0.05, 0.1) is 23.9 Å². The van der Waals surface area contributed by atoms with E-state index in [9.17, 15) is 23.5 Å². The topological polar surface area (TPSA) is 57.6 Å². The third-order valence-electron chi connectivity index (χ3n) is 2.55. The molecule has 1 atom stereocenters. The first kappa shape index (κ1) is 13.1. The fourth-order valence-electron chi connectivity index (χ4n) is 1.79. The minimum Gasteiger partial charge on any atom is -0.390 e. The van der Waals surface area contributed by atoms with Gasteiger partial charge in [-0.1, -0.05) is 15.9 Å². The van der Waals surface area contributed by atoms with Gasteiger partial charge in [-0.15, -0.1) is 0 Å². The van der Waals surface area contributed by atoms with Crippen LogP contribution >= 0.6 is 15.9 Å². The molecule has 18 heavy (non-hydrogen) atoms. The molecule has 1 aromatic rings. The molecule has 0 spiro atoms. The van der Waals surface area contributed by atoms with Crippen LogP contribution in [-0.4, -0.2) is 34.8 Å². The first-order valence-corrected chi connectivity index (χ1v) is 6.17. The highest BCUT2D eigenvalue weighted by molar-refractivity contribution is 9.09. The number of aliphatic hydroxyl groups excluding tert-OH is 1. The minimum atomic E-state index is -0.994. The second-order valence-electron chi connectivity index (χ2n) is 3.84. The van der Waals surface area contributed by atoms with Gasteiger partial charge >= 0.3 is 0 Å². The zero-order valence-corrected chi connectivity index (χ0v) is 10.6. The van der Waals surface area contributed by atoms with Crippen LogP contribution in [0.25, 0.3) is 0 Å². The number of carbonyl (C=O) groups excluding carboxylic acids is 2. The number of nitrogens with zero attached hydrogens (tertiary/aromatic N) is 1. The van der Waals surface area contributed by atoms with Crippen molar-refractivity contribution in [3.63, 3.8) is 0 Å². The number of hydrogen-bond acceptors (Lipinski definition) is 3. The largest absolute Gasteiger partial charge is 0.390 e. The first-order chi connectivity index (χ1) is 8.45. The molecule has 1 amide bonds. The van der Waals surface area contributed by atoms with Crippen LogP contribution < -0.4 is 4.90 Å². The summed E-state index contributed by atoms with van der Waals surface area (Å²) in [6, 6.07) is 1.41. The smallest absolute Gasteiger partial charge is 0.299 e. The Morgan fingerprint density at radius 2 is 2.00 bits per heavy atom. The predicted octanol–water partition coefficient (Wildman–Crippen LogP) is 1.25. The lowest BCUT2D eigenvalue weighted by Gasteiger charge is -2.19. The summed E-state index contributed by atoms with van der Waals surface area (Å²) in [5, 5.41) is 9.61. The second-order valence-corrected chi connectivity index (χ2v) is 4.48. The molecule has 1 aromatic carbocycles. The van der Waals surface area contributed by atoms with Crippen molar-refractivity contribution in [2.75, 3.05) is 16.8 Å². The molecule has 1 aliphatic heterocycles. The van der Waals surface area contributed by atoms with Crippen LogP contribution in [-0.2, 0) is 4.79 Å². The molecule has 2 rings (SSSR count). The number of anilines is 1. The van der Waals surface area contributed by atoms with Crippen molar-refractivity contribution in [3.05, 3.63) is 29.3 Å². The second kappa shape index (κ2) is 4.74. The molecular weight excluding hydrogens is 312 g/mol. The number of aliphatic hydroxyl groups is 1. The Balaban J connectivity index is 2.48. The van der Waals surface area contributed by atoms with Crippen molar-refractivity contribution in [2.45, 2.75) is 6.10 Å². The molecule has 0 saturated carbocycles. The van der Waals surface area contributed by atoms with Gasteiger partial charge in [0.25, 0.3) is 11.7 Å². The number of ketones is 1. The van der Waals surface area contributed by atoms with E-state index in [4.69, 9.17) is 0 Å². The van der Waals surface area contributed by atoms with Crippen LogP contribution in [0.3, 0.4) is 0 Å². The molecule has 1 heterocycles. The van der Waals surface area contributed by atoms with Gasteiger partial charge in [0.15, 0.2) is 5.82 Å². The molecule has 0 aliphatic carbocycles. The van der Waals surface area contributed by atoms with Crippen molar-refractivity contribution in [1.82, 2.24) is 0 Å². The van der Waals surface area contributed by atoms with E-state index in [0.717, 1.165) is 11.0 Å². The molecule has 96 valence electrons. The third-order valence-corrected chi connectivity index (χ3v) is 3.30. The monoisotopic (exact) mass is 319 g/mol. The van der Waals surface area contributed by atoms with E-state index in [1.165, 1.54) is 0 Å². The lowest BCUT2D eigenvalue weighted by molar-refractivity contribution is -0.114. The molecule has 0 saturated heterocycles. The van der Waals surface area contributed by atoms with E-state index in [-0.39, 0.29) is 23.1 Å². The van der Waals surface area contributed by atoms with Gasteiger partial charge in [-0.05, 0) is 6.07 Å².